The number of carboxylic acid groups (broad SMARTS) is 1. The number of benzene rings is 2. The van der Waals surface area contributed by atoms with Gasteiger partial charge in [0.1, 0.15) is 5.82 Å². The minimum absolute atomic E-state index is 0.174. The molecule has 0 atom stereocenters. The highest BCUT2D eigenvalue weighted by Crippen LogP contribution is 2.16. The Balaban J connectivity index is 2.27. The second-order valence-electron chi connectivity index (χ2n) is 3.64. The van der Waals surface area contributed by atoms with Crippen LogP contribution in [0.2, 0.25) is 0 Å². The molecule has 0 spiro atoms. The molecular weight excluding hydrogens is 233 g/mol. The van der Waals surface area contributed by atoms with Crippen LogP contribution in [0.4, 0.5) is 10.1 Å². The molecule has 18 heavy (non-hydrogen) atoms. The lowest BCUT2D eigenvalue weighted by Crippen LogP contribution is -1.96. The van der Waals surface area contributed by atoms with Gasteiger partial charge in [-0.2, -0.15) is 0 Å². The lowest BCUT2D eigenvalue weighted by Gasteiger charge is -1.97. The summed E-state index contributed by atoms with van der Waals surface area (Å²) in [6.45, 7) is 0. The smallest absolute Gasteiger partial charge is 0.335 e. The van der Waals surface area contributed by atoms with Gasteiger partial charge < -0.3 is 5.11 Å². The van der Waals surface area contributed by atoms with Crippen molar-refractivity contribution in [3.05, 3.63) is 65.5 Å². The molecule has 0 fully saturated rings. The SMILES string of the molecule is O=C(O)c1cccc(C=Nc2ccccc2F)c1. The van der Waals surface area contributed by atoms with E-state index in [4.69, 9.17) is 5.11 Å². The molecule has 0 amide bonds. The lowest BCUT2D eigenvalue weighted by atomic mass is 10.1. The van der Waals surface area contributed by atoms with E-state index >= 15 is 0 Å². The Morgan fingerprint density at radius 1 is 1.17 bits per heavy atom. The third kappa shape index (κ3) is 2.79. The second kappa shape index (κ2) is 5.23. The van der Waals surface area contributed by atoms with Gasteiger partial charge in [0.05, 0.1) is 11.3 Å². The number of nitrogens with zero attached hydrogens (tertiary/aromatic N) is 1. The van der Waals surface area contributed by atoms with Crippen LogP contribution in [-0.2, 0) is 0 Å². The van der Waals surface area contributed by atoms with E-state index < -0.39 is 11.8 Å². The van der Waals surface area contributed by atoms with Gasteiger partial charge in [0.25, 0.3) is 0 Å². The molecule has 0 aromatic heterocycles. The molecule has 3 nitrogen and oxygen atoms in total. The number of aliphatic imine (C=N–C) groups is 1. The van der Waals surface area contributed by atoms with Gasteiger partial charge in [-0.1, -0.05) is 24.3 Å². The Morgan fingerprint density at radius 2 is 1.94 bits per heavy atom. The fraction of sp³-hybridized carbons (Fsp3) is 0. The van der Waals surface area contributed by atoms with E-state index in [1.807, 2.05) is 0 Å². The molecule has 0 unspecified atom stereocenters. The van der Waals surface area contributed by atoms with Gasteiger partial charge in [0.15, 0.2) is 0 Å². The van der Waals surface area contributed by atoms with E-state index in [1.165, 1.54) is 24.4 Å². The number of para-hydroxylation sites is 1. The molecular formula is C14H10FNO2. The Kier molecular flexibility index (Phi) is 3.48. The van der Waals surface area contributed by atoms with Gasteiger partial charge >= 0.3 is 5.97 Å². The van der Waals surface area contributed by atoms with Crippen LogP contribution in [0.3, 0.4) is 0 Å². The molecule has 90 valence electrons. The summed E-state index contributed by atoms with van der Waals surface area (Å²) in [7, 11) is 0. The summed E-state index contributed by atoms with van der Waals surface area (Å²) in [4.78, 5) is 14.8. The fourth-order valence-corrected chi connectivity index (χ4v) is 1.45. The molecule has 0 radical (unpaired) electrons. The molecule has 0 heterocycles. The van der Waals surface area contributed by atoms with E-state index in [2.05, 4.69) is 4.99 Å². The van der Waals surface area contributed by atoms with Crippen LogP contribution in [0, 0.1) is 5.82 Å². The van der Waals surface area contributed by atoms with Gasteiger partial charge in [-0.05, 0) is 29.8 Å². The summed E-state index contributed by atoms with van der Waals surface area (Å²) in [6.07, 6.45) is 1.44. The third-order valence-corrected chi connectivity index (χ3v) is 2.34. The first-order chi connectivity index (χ1) is 8.66. The Morgan fingerprint density at radius 3 is 2.67 bits per heavy atom. The summed E-state index contributed by atoms with van der Waals surface area (Å²) in [5.41, 5.74) is 1.00. The molecule has 4 heteroatoms. The largest absolute Gasteiger partial charge is 0.478 e. The second-order valence-corrected chi connectivity index (χ2v) is 3.64. The monoisotopic (exact) mass is 243 g/mol. The maximum atomic E-state index is 13.3. The highest BCUT2D eigenvalue weighted by atomic mass is 19.1. The van der Waals surface area contributed by atoms with Crippen molar-refractivity contribution in [3.8, 4) is 0 Å². The molecule has 0 aliphatic heterocycles. The molecule has 1 N–H and O–H groups in total. The number of carboxylic acids is 1. The maximum absolute atomic E-state index is 13.3. The van der Waals surface area contributed by atoms with Gasteiger partial charge in [-0.15, -0.1) is 0 Å². The first-order valence-electron chi connectivity index (χ1n) is 5.29. The van der Waals surface area contributed by atoms with Gasteiger partial charge in [0.2, 0.25) is 0 Å². The normalized spacial score (nSPS) is 10.7. The Hall–Kier alpha value is -2.49. The number of halogens is 1. The van der Waals surface area contributed by atoms with Crippen LogP contribution < -0.4 is 0 Å². The minimum Gasteiger partial charge on any atom is -0.478 e. The van der Waals surface area contributed by atoms with Crippen molar-refractivity contribution in [1.82, 2.24) is 0 Å². The zero-order valence-corrected chi connectivity index (χ0v) is 9.38. The molecule has 2 aromatic rings. The van der Waals surface area contributed by atoms with Crippen LogP contribution in [0.1, 0.15) is 15.9 Å². The van der Waals surface area contributed by atoms with Crippen molar-refractivity contribution < 1.29 is 14.3 Å². The van der Waals surface area contributed by atoms with Crippen LogP contribution in [0.25, 0.3) is 0 Å². The van der Waals surface area contributed by atoms with Gasteiger partial charge in [-0.25, -0.2) is 9.18 Å². The molecule has 0 aliphatic rings. The standard InChI is InChI=1S/C14H10FNO2/c15-12-6-1-2-7-13(12)16-9-10-4-3-5-11(8-10)14(17)18/h1-9H,(H,17,18). The van der Waals surface area contributed by atoms with Crippen molar-refractivity contribution in [2.45, 2.75) is 0 Å². The topological polar surface area (TPSA) is 49.7 Å². The fourth-order valence-electron chi connectivity index (χ4n) is 1.45. The summed E-state index contributed by atoms with van der Waals surface area (Å²) in [5.74, 6) is -1.42. The number of hydrogen-bond acceptors (Lipinski definition) is 2. The van der Waals surface area contributed by atoms with E-state index in [0.29, 0.717) is 5.56 Å². The Bertz CT molecular complexity index is 608. The van der Waals surface area contributed by atoms with Gasteiger partial charge in [-0.3, -0.25) is 4.99 Å². The van der Waals surface area contributed by atoms with Gasteiger partial charge in [0, 0.05) is 6.21 Å². The summed E-state index contributed by atoms with van der Waals surface area (Å²) >= 11 is 0. The Labute approximate surface area is 103 Å². The van der Waals surface area contributed by atoms with Crippen molar-refractivity contribution in [1.29, 1.82) is 0 Å². The third-order valence-electron chi connectivity index (χ3n) is 2.34. The quantitative estimate of drug-likeness (QED) is 0.841. The molecule has 0 saturated carbocycles. The highest BCUT2D eigenvalue weighted by molar-refractivity contribution is 5.91. The minimum atomic E-state index is -1.00. The molecule has 0 aliphatic carbocycles. The first-order valence-corrected chi connectivity index (χ1v) is 5.29. The van der Waals surface area contributed by atoms with Crippen molar-refractivity contribution in [2.24, 2.45) is 4.99 Å². The molecule has 2 aromatic carbocycles. The number of aromatic carboxylic acids is 1. The summed E-state index contributed by atoms with van der Waals surface area (Å²) in [6, 6.07) is 12.4. The number of carbonyl (C=O) groups is 1. The van der Waals surface area contributed by atoms with Crippen molar-refractivity contribution >= 4 is 17.9 Å². The molecule has 2 rings (SSSR count). The molecule has 0 saturated heterocycles. The predicted molar refractivity (Wildman–Crippen MR) is 67.1 cm³/mol. The van der Waals surface area contributed by atoms with Crippen molar-refractivity contribution in [2.75, 3.05) is 0 Å². The first kappa shape index (κ1) is 12.0. The summed E-state index contributed by atoms with van der Waals surface area (Å²) in [5, 5.41) is 8.83. The average Bonchev–Trinajstić information content (AvgIpc) is 2.38. The van der Waals surface area contributed by atoms with Crippen molar-refractivity contribution in [3.63, 3.8) is 0 Å². The van der Waals surface area contributed by atoms with E-state index in [1.54, 1.807) is 30.3 Å². The van der Waals surface area contributed by atoms with Crippen LogP contribution in [0.5, 0.6) is 0 Å². The predicted octanol–water partition coefficient (Wildman–Crippen LogP) is 3.27. The lowest BCUT2D eigenvalue weighted by molar-refractivity contribution is 0.0697. The van der Waals surface area contributed by atoms with Crippen LogP contribution >= 0.6 is 0 Å². The maximum Gasteiger partial charge on any atom is 0.335 e. The molecule has 0 bridgehead atoms. The van der Waals surface area contributed by atoms with E-state index in [-0.39, 0.29) is 11.3 Å². The number of hydrogen-bond donors (Lipinski definition) is 1. The number of rotatable bonds is 3. The zero-order valence-electron chi connectivity index (χ0n) is 9.38. The zero-order chi connectivity index (χ0) is 13.0. The van der Waals surface area contributed by atoms with E-state index in [0.717, 1.165) is 0 Å². The van der Waals surface area contributed by atoms with E-state index in [9.17, 15) is 9.18 Å². The van der Waals surface area contributed by atoms with Crippen LogP contribution in [-0.4, -0.2) is 17.3 Å². The summed E-state index contributed by atoms with van der Waals surface area (Å²) < 4.78 is 13.3. The van der Waals surface area contributed by atoms with Crippen LogP contribution in [0.15, 0.2) is 53.5 Å². The highest BCUT2D eigenvalue weighted by Gasteiger charge is 2.02. The average molecular weight is 243 g/mol.